The Kier molecular flexibility index (Phi) is 8.80. The number of nitrogens with one attached hydrogen (secondary N) is 2. The van der Waals surface area contributed by atoms with Crippen LogP contribution in [-0.4, -0.2) is 71.7 Å². The number of carbonyl (C=O) groups excluding carboxylic acids is 2. The minimum Gasteiger partial charge on any atom is -0.496 e. The molecule has 4 rings (SSSR count). The molecular weight excluding hydrogens is 522 g/mol. The number of nitrogens with zero attached hydrogens (tertiary/aromatic N) is 2. The molecule has 2 aromatic rings. The van der Waals surface area contributed by atoms with Crippen molar-refractivity contribution in [3.63, 3.8) is 0 Å². The van der Waals surface area contributed by atoms with Crippen LogP contribution in [0.25, 0.3) is 17.3 Å². The van der Waals surface area contributed by atoms with E-state index in [1.54, 1.807) is 17.2 Å². The van der Waals surface area contributed by atoms with Crippen molar-refractivity contribution in [2.75, 3.05) is 26.8 Å². The average Bonchev–Trinajstić information content (AvgIpc) is 3.53. The fourth-order valence-electron chi connectivity index (χ4n) is 4.26. The number of imidazole rings is 1. The fraction of sp³-hybridized carbons (Fsp3) is 0.483. The second-order valence-electron chi connectivity index (χ2n) is 10.9. The zero-order valence-corrected chi connectivity index (χ0v) is 23.4. The summed E-state index contributed by atoms with van der Waals surface area (Å²) in [6, 6.07) is 3.25. The Labute approximate surface area is 232 Å². The van der Waals surface area contributed by atoms with Crippen LogP contribution in [0.2, 0.25) is 0 Å². The third-order valence-corrected chi connectivity index (χ3v) is 6.36. The summed E-state index contributed by atoms with van der Waals surface area (Å²) in [4.78, 5) is 34.6. The van der Waals surface area contributed by atoms with Crippen LogP contribution in [0, 0.1) is 5.92 Å². The molecule has 2 fully saturated rings. The Morgan fingerprint density at radius 3 is 2.52 bits per heavy atom. The Hall–Kier alpha value is -3.89. The van der Waals surface area contributed by atoms with Gasteiger partial charge in [0.15, 0.2) is 0 Å². The SMILES string of the molecule is C/C=C\C(=C/c1ncc(-c2cc(OC)c(C(=O)NC3CC3)c(OCC(F)F)c2)[nH]1)C1CN(C(=O)OC(C)(C)C)C1. The molecule has 2 amide bonds. The first-order valence-corrected chi connectivity index (χ1v) is 13.3. The predicted octanol–water partition coefficient (Wildman–Crippen LogP) is 5.45. The molecule has 0 bridgehead atoms. The van der Waals surface area contributed by atoms with Gasteiger partial charge in [-0.15, -0.1) is 0 Å². The van der Waals surface area contributed by atoms with Gasteiger partial charge in [-0.2, -0.15) is 0 Å². The normalized spacial score (nSPS) is 16.3. The van der Waals surface area contributed by atoms with Gasteiger partial charge in [0, 0.05) is 30.6 Å². The number of H-pyrrole nitrogens is 1. The lowest BCUT2D eigenvalue weighted by atomic mass is 9.90. The highest BCUT2D eigenvalue weighted by atomic mass is 19.3. The molecule has 1 aromatic carbocycles. The molecule has 1 aromatic heterocycles. The largest absolute Gasteiger partial charge is 0.496 e. The van der Waals surface area contributed by atoms with E-state index in [0.29, 0.717) is 30.2 Å². The lowest BCUT2D eigenvalue weighted by molar-refractivity contribution is 0.00414. The number of amides is 2. The smallest absolute Gasteiger partial charge is 0.410 e. The van der Waals surface area contributed by atoms with E-state index in [1.807, 2.05) is 45.9 Å². The summed E-state index contributed by atoms with van der Waals surface area (Å²) in [7, 11) is 1.41. The molecule has 1 saturated heterocycles. The van der Waals surface area contributed by atoms with Crippen LogP contribution in [0.5, 0.6) is 11.5 Å². The van der Waals surface area contributed by atoms with E-state index in [2.05, 4.69) is 15.3 Å². The van der Waals surface area contributed by atoms with E-state index in [0.717, 1.165) is 18.4 Å². The molecule has 216 valence electrons. The quantitative estimate of drug-likeness (QED) is 0.376. The maximum Gasteiger partial charge on any atom is 0.410 e. The maximum atomic E-state index is 13.0. The highest BCUT2D eigenvalue weighted by Crippen LogP contribution is 2.36. The van der Waals surface area contributed by atoms with E-state index in [-0.39, 0.29) is 35.1 Å². The molecule has 0 unspecified atom stereocenters. The number of allylic oxidation sites excluding steroid dienone is 2. The monoisotopic (exact) mass is 558 g/mol. The summed E-state index contributed by atoms with van der Waals surface area (Å²) in [5.74, 6) is 0.475. The van der Waals surface area contributed by atoms with Crippen molar-refractivity contribution in [3.05, 3.63) is 47.4 Å². The minimum absolute atomic E-state index is 0.00537. The van der Waals surface area contributed by atoms with E-state index in [1.165, 1.54) is 13.2 Å². The highest BCUT2D eigenvalue weighted by Gasteiger charge is 2.35. The van der Waals surface area contributed by atoms with Crippen molar-refractivity contribution in [1.82, 2.24) is 20.2 Å². The number of aromatic nitrogens is 2. The molecule has 1 saturated carbocycles. The van der Waals surface area contributed by atoms with Gasteiger partial charge < -0.3 is 29.4 Å². The molecule has 0 radical (unpaired) electrons. The van der Waals surface area contributed by atoms with Crippen LogP contribution in [0.1, 0.15) is 56.7 Å². The van der Waals surface area contributed by atoms with Crippen molar-refractivity contribution in [2.45, 2.75) is 58.6 Å². The minimum atomic E-state index is -2.71. The molecule has 2 heterocycles. The molecule has 40 heavy (non-hydrogen) atoms. The number of rotatable bonds is 10. The molecule has 11 heteroatoms. The Bertz CT molecular complexity index is 1290. The number of methoxy groups -OCH3 is 1. The third-order valence-electron chi connectivity index (χ3n) is 6.36. The van der Waals surface area contributed by atoms with Crippen molar-refractivity contribution in [2.24, 2.45) is 5.92 Å². The van der Waals surface area contributed by atoms with Crippen LogP contribution in [0.4, 0.5) is 13.6 Å². The van der Waals surface area contributed by atoms with Crippen LogP contribution >= 0.6 is 0 Å². The predicted molar refractivity (Wildman–Crippen MR) is 147 cm³/mol. The van der Waals surface area contributed by atoms with Crippen LogP contribution in [0.3, 0.4) is 0 Å². The Morgan fingerprint density at radius 2 is 1.93 bits per heavy atom. The number of alkyl halides is 2. The summed E-state index contributed by atoms with van der Waals surface area (Å²) >= 11 is 0. The number of aromatic amines is 1. The summed E-state index contributed by atoms with van der Waals surface area (Å²) < 4.78 is 42.3. The maximum absolute atomic E-state index is 13.0. The topological polar surface area (TPSA) is 106 Å². The number of hydrogen-bond acceptors (Lipinski definition) is 6. The van der Waals surface area contributed by atoms with Crippen molar-refractivity contribution in [3.8, 4) is 22.8 Å². The lowest BCUT2D eigenvalue weighted by Crippen LogP contribution is -2.52. The first kappa shape index (κ1) is 29.1. The summed E-state index contributed by atoms with van der Waals surface area (Å²) in [6.07, 6.45) is 6.13. The van der Waals surface area contributed by atoms with E-state index < -0.39 is 24.5 Å². The molecular formula is C29H36F2N4O5. The molecule has 0 atom stereocenters. The zero-order chi connectivity index (χ0) is 29.0. The number of carbonyl (C=O) groups is 2. The number of likely N-dealkylation sites (tertiary alicyclic amines) is 1. The molecule has 2 N–H and O–H groups in total. The molecule has 9 nitrogen and oxygen atoms in total. The van der Waals surface area contributed by atoms with Gasteiger partial charge in [0.05, 0.1) is 19.0 Å². The van der Waals surface area contributed by atoms with E-state index in [4.69, 9.17) is 14.2 Å². The van der Waals surface area contributed by atoms with Gasteiger partial charge in [-0.3, -0.25) is 4.79 Å². The third kappa shape index (κ3) is 7.40. The van der Waals surface area contributed by atoms with Crippen LogP contribution in [-0.2, 0) is 4.74 Å². The molecule has 1 aliphatic carbocycles. The van der Waals surface area contributed by atoms with Gasteiger partial charge in [0.1, 0.15) is 35.1 Å². The Morgan fingerprint density at radius 1 is 1.23 bits per heavy atom. The summed E-state index contributed by atoms with van der Waals surface area (Å²) in [6.45, 7) is 7.63. The van der Waals surface area contributed by atoms with Gasteiger partial charge in [0.2, 0.25) is 0 Å². The summed E-state index contributed by atoms with van der Waals surface area (Å²) in [5, 5.41) is 2.86. The van der Waals surface area contributed by atoms with Gasteiger partial charge in [0.25, 0.3) is 12.3 Å². The first-order chi connectivity index (χ1) is 19.0. The molecule has 1 aliphatic heterocycles. The standard InChI is InChI=1S/C29H36F2N4O5/c1-6-7-17(19-14-35(15-19)28(37)40-29(2,3)4)12-25-32-13-21(34-25)18-10-22(38-5)26(27(36)33-20-8-9-20)23(11-18)39-16-24(30)31/h6-7,10-13,19-20,24H,8-9,14-16H2,1-5H3,(H,32,34)(H,33,36)/b7-6-,17-12+. The highest BCUT2D eigenvalue weighted by molar-refractivity contribution is 6.01. The van der Waals surface area contributed by atoms with Gasteiger partial charge in [-0.25, -0.2) is 18.6 Å². The van der Waals surface area contributed by atoms with E-state index in [9.17, 15) is 18.4 Å². The fourth-order valence-corrected chi connectivity index (χ4v) is 4.26. The number of halogens is 2. The van der Waals surface area contributed by atoms with Crippen molar-refractivity contribution < 1.29 is 32.6 Å². The zero-order valence-electron chi connectivity index (χ0n) is 23.4. The summed E-state index contributed by atoms with van der Waals surface area (Å²) in [5.41, 5.74) is 1.66. The second kappa shape index (κ2) is 12.1. The van der Waals surface area contributed by atoms with Crippen molar-refractivity contribution >= 4 is 18.1 Å². The lowest BCUT2D eigenvalue weighted by Gasteiger charge is -2.40. The van der Waals surface area contributed by atoms with Gasteiger partial charge in [-0.1, -0.05) is 12.2 Å². The van der Waals surface area contributed by atoms with Gasteiger partial charge in [-0.05, 0) is 64.3 Å². The molecule has 2 aliphatic rings. The number of ether oxygens (including phenoxy) is 3. The second-order valence-corrected chi connectivity index (χ2v) is 10.9. The first-order valence-electron chi connectivity index (χ1n) is 13.3. The molecule has 0 spiro atoms. The van der Waals surface area contributed by atoms with Crippen molar-refractivity contribution in [1.29, 1.82) is 0 Å². The number of benzene rings is 1. The average molecular weight is 559 g/mol. The van der Waals surface area contributed by atoms with Crippen LogP contribution < -0.4 is 14.8 Å². The Balaban J connectivity index is 1.56. The van der Waals surface area contributed by atoms with Gasteiger partial charge >= 0.3 is 6.09 Å². The van der Waals surface area contributed by atoms with E-state index >= 15 is 0 Å². The number of hydrogen-bond donors (Lipinski definition) is 2. The van der Waals surface area contributed by atoms with Crippen LogP contribution in [0.15, 0.2) is 36.1 Å².